The predicted octanol–water partition coefficient (Wildman–Crippen LogP) is -0.0567. The van der Waals surface area contributed by atoms with Gasteiger partial charge in [0.25, 0.3) is 10.0 Å². The van der Waals surface area contributed by atoms with Crippen molar-refractivity contribution in [2.24, 2.45) is 5.73 Å². The van der Waals surface area contributed by atoms with Crippen molar-refractivity contribution >= 4 is 22.4 Å². The summed E-state index contributed by atoms with van der Waals surface area (Å²) in [6.07, 6.45) is 4.39. The maximum Gasteiger partial charge on any atom is 0.260 e. The van der Waals surface area contributed by atoms with Crippen LogP contribution in [0.1, 0.15) is 12.8 Å². The third kappa shape index (κ3) is 2.22. The Morgan fingerprint density at radius 1 is 1.62 bits per heavy atom. The Morgan fingerprint density at radius 2 is 2.38 bits per heavy atom. The number of nitrogens with zero attached hydrogens (tertiary/aromatic N) is 2. The standard InChI is InChI=1S/C8H14N4O2S.ClH/c9-4-7-2-1-3-12(7)15(13,14)8-5-10-6-11-8;/h5-7H,1-4,9H2,(H,10,11);1H. The van der Waals surface area contributed by atoms with Crippen molar-refractivity contribution in [2.75, 3.05) is 13.1 Å². The highest BCUT2D eigenvalue weighted by Gasteiger charge is 2.35. The van der Waals surface area contributed by atoms with Crippen LogP contribution >= 0.6 is 12.4 Å². The van der Waals surface area contributed by atoms with Crippen LogP contribution in [0.25, 0.3) is 0 Å². The molecule has 1 unspecified atom stereocenters. The van der Waals surface area contributed by atoms with Crippen molar-refractivity contribution in [3.63, 3.8) is 0 Å². The monoisotopic (exact) mass is 266 g/mol. The quantitative estimate of drug-likeness (QED) is 0.802. The van der Waals surface area contributed by atoms with E-state index < -0.39 is 10.0 Å². The van der Waals surface area contributed by atoms with Crippen molar-refractivity contribution in [1.29, 1.82) is 0 Å². The molecule has 1 aliphatic heterocycles. The van der Waals surface area contributed by atoms with Gasteiger partial charge in [-0.15, -0.1) is 12.4 Å². The van der Waals surface area contributed by atoms with Gasteiger partial charge in [0.1, 0.15) is 0 Å². The van der Waals surface area contributed by atoms with Crippen molar-refractivity contribution in [3.8, 4) is 0 Å². The minimum Gasteiger partial charge on any atom is -0.335 e. The molecule has 0 aliphatic carbocycles. The molecule has 0 spiro atoms. The van der Waals surface area contributed by atoms with Gasteiger partial charge in [-0.3, -0.25) is 0 Å². The average molecular weight is 267 g/mol. The first-order valence-corrected chi connectivity index (χ1v) is 6.30. The summed E-state index contributed by atoms with van der Waals surface area (Å²) in [6, 6.07) is -0.0710. The van der Waals surface area contributed by atoms with Crippen LogP contribution in [0.15, 0.2) is 17.6 Å². The van der Waals surface area contributed by atoms with Crippen molar-refractivity contribution in [3.05, 3.63) is 12.5 Å². The topological polar surface area (TPSA) is 92.1 Å². The van der Waals surface area contributed by atoms with Crippen molar-refractivity contribution < 1.29 is 8.42 Å². The Bertz CT molecular complexity index is 419. The van der Waals surface area contributed by atoms with E-state index >= 15 is 0 Å². The van der Waals surface area contributed by atoms with Crippen LogP contribution < -0.4 is 5.73 Å². The van der Waals surface area contributed by atoms with Gasteiger partial charge in [0, 0.05) is 19.1 Å². The molecule has 8 heteroatoms. The van der Waals surface area contributed by atoms with Crippen molar-refractivity contribution in [1.82, 2.24) is 14.3 Å². The third-order valence-electron chi connectivity index (χ3n) is 2.65. The molecule has 1 aromatic rings. The molecule has 1 aliphatic rings. The van der Waals surface area contributed by atoms with Gasteiger partial charge in [0.05, 0.1) is 12.5 Å². The summed E-state index contributed by atoms with van der Waals surface area (Å²) < 4.78 is 25.6. The highest BCUT2D eigenvalue weighted by molar-refractivity contribution is 7.89. The zero-order valence-electron chi connectivity index (χ0n) is 8.67. The maximum absolute atomic E-state index is 12.1. The normalized spacial score (nSPS) is 21.9. The van der Waals surface area contributed by atoms with E-state index in [9.17, 15) is 8.42 Å². The largest absolute Gasteiger partial charge is 0.335 e. The number of hydrogen-bond acceptors (Lipinski definition) is 4. The van der Waals surface area contributed by atoms with Crippen LogP contribution in [-0.4, -0.2) is 41.8 Å². The fourth-order valence-corrected chi connectivity index (χ4v) is 3.47. The van der Waals surface area contributed by atoms with Crippen LogP contribution in [0.3, 0.4) is 0 Å². The fraction of sp³-hybridized carbons (Fsp3) is 0.625. The molecule has 1 atom stereocenters. The molecule has 1 aromatic heterocycles. The molecule has 0 aromatic carbocycles. The molecular weight excluding hydrogens is 252 g/mol. The van der Waals surface area contributed by atoms with Crippen molar-refractivity contribution in [2.45, 2.75) is 23.9 Å². The van der Waals surface area contributed by atoms with E-state index in [1.807, 2.05) is 0 Å². The minimum absolute atomic E-state index is 0. The summed E-state index contributed by atoms with van der Waals surface area (Å²) in [5.74, 6) is 0. The van der Waals surface area contributed by atoms with Crippen LogP contribution in [0.2, 0.25) is 0 Å². The van der Waals surface area contributed by atoms with Crippen LogP contribution in [0.4, 0.5) is 0 Å². The Labute approximate surface area is 101 Å². The number of rotatable bonds is 3. The Hall–Kier alpha value is -0.630. The first-order chi connectivity index (χ1) is 7.16. The molecule has 0 bridgehead atoms. The Balaban J connectivity index is 0.00000128. The predicted molar refractivity (Wildman–Crippen MR) is 61.8 cm³/mol. The molecule has 0 radical (unpaired) electrons. The molecule has 1 fully saturated rings. The lowest BCUT2D eigenvalue weighted by atomic mass is 10.2. The number of nitrogens with one attached hydrogen (secondary N) is 1. The zero-order chi connectivity index (χ0) is 10.9. The molecule has 0 saturated carbocycles. The van der Waals surface area contributed by atoms with Gasteiger partial charge in [0.15, 0.2) is 5.03 Å². The van der Waals surface area contributed by atoms with E-state index in [2.05, 4.69) is 9.97 Å². The van der Waals surface area contributed by atoms with Gasteiger partial charge in [0.2, 0.25) is 0 Å². The van der Waals surface area contributed by atoms with Gasteiger partial charge in [-0.05, 0) is 12.8 Å². The molecule has 0 amide bonds. The number of aromatic nitrogens is 2. The lowest BCUT2D eigenvalue weighted by Crippen LogP contribution is -2.39. The number of nitrogens with two attached hydrogens (primary N) is 1. The summed E-state index contributed by atoms with van der Waals surface area (Å²) in [6.45, 7) is 0.913. The number of halogens is 1. The molecule has 1 saturated heterocycles. The molecule has 2 rings (SSSR count). The fourth-order valence-electron chi connectivity index (χ4n) is 1.87. The van der Waals surface area contributed by atoms with Crippen LogP contribution in [0.5, 0.6) is 0 Å². The van der Waals surface area contributed by atoms with Gasteiger partial charge < -0.3 is 10.7 Å². The van der Waals surface area contributed by atoms with E-state index in [-0.39, 0.29) is 23.5 Å². The second-order valence-electron chi connectivity index (χ2n) is 3.56. The zero-order valence-corrected chi connectivity index (χ0v) is 10.3. The average Bonchev–Trinajstić information content (AvgIpc) is 2.89. The summed E-state index contributed by atoms with van der Waals surface area (Å²) in [4.78, 5) is 6.34. The highest BCUT2D eigenvalue weighted by atomic mass is 35.5. The van der Waals surface area contributed by atoms with E-state index in [1.165, 1.54) is 16.8 Å². The summed E-state index contributed by atoms with van der Waals surface area (Å²) >= 11 is 0. The number of aromatic amines is 1. The lowest BCUT2D eigenvalue weighted by molar-refractivity contribution is 0.391. The summed E-state index contributed by atoms with van der Waals surface area (Å²) in [5.41, 5.74) is 5.54. The second-order valence-corrected chi connectivity index (χ2v) is 5.42. The van der Waals surface area contributed by atoms with Crippen LogP contribution in [0, 0.1) is 0 Å². The second kappa shape index (κ2) is 5.13. The molecule has 16 heavy (non-hydrogen) atoms. The van der Waals surface area contributed by atoms with E-state index in [0.29, 0.717) is 13.1 Å². The van der Waals surface area contributed by atoms with E-state index in [0.717, 1.165) is 12.8 Å². The van der Waals surface area contributed by atoms with E-state index in [4.69, 9.17) is 5.73 Å². The summed E-state index contributed by atoms with van der Waals surface area (Å²) in [5, 5.41) is 0.142. The lowest BCUT2D eigenvalue weighted by Gasteiger charge is -2.21. The highest BCUT2D eigenvalue weighted by Crippen LogP contribution is 2.23. The number of imidazole rings is 1. The Morgan fingerprint density at radius 3 is 2.94 bits per heavy atom. The van der Waals surface area contributed by atoms with Gasteiger partial charge in [-0.1, -0.05) is 0 Å². The third-order valence-corrected chi connectivity index (χ3v) is 4.53. The van der Waals surface area contributed by atoms with Gasteiger partial charge >= 0.3 is 0 Å². The molecular formula is C8H15ClN4O2S. The number of hydrogen-bond donors (Lipinski definition) is 2. The Kier molecular flexibility index (Phi) is 4.31. The van der Waals surface area contributed by atoms with Crippen LogP contribution in [-0.2, 0) is 10.0 Å². The first-order valence-electron chi connectivity index (χ1n) is 4.86. The van der Waals surface area contributed by atoms with Gasteiger partial charge in [-0.25, -0.2) is 13.4 Å². The summed E-state index contributed by atoms with van der Waals surface area (Å²) in [7, 11) is -3.42. The van der Waals surface area contributed by atoms with Gasteiger partial charge in [-0.2, -0.15) is 4.31 Å². The minimum atomic E-state index is -3.42. The number of H-pyrrole nitrogens is 1. The SMILES string of the molecule is Cl.NCC1CCCN1S(=O)(=O)c1cnc[nH]1. The number of sulfonamides is 1. The molecule has 92 valence electrons. The molecule has 2 heterocycles. The smallest absolute Gasteiger partial charge is 0.260 e. The molecule has 3 N–H and O–H groups in total. The van der Waals surface area contributed by atoms with E-state index in [1.54, 1.807) is 0 Å². The first kappa shape index (κ1) is 13.4. The maximum atomic E-state index is 12.1. The molecule has 6 nitrogen and oxygen atoms in total.